The van der Waals surface area contributed by atoms with Gasteiger partial charge in [-0.25, -0.2) is 0 Å². The minimum absolute atomic E-state index is 0.173. The topological polar surface area (TPSA) is 34.2 Å². The molecule has 1 aliphatic carbocycles. The second-order valence-electron chi connectivity index (χ2n) is 4.58. The van der Waals surface area contributed by atoms with Crippen LogP contribution >= 0.6 is 15.9 Å². The molecule has 0 radical (unpaired) electrons. The fraction of sp³-hybridized carbons (Fsp3) is 0.385. The van der Waals surface area contributed by atoms with Crippen molar-refractivity contribution in [1.29, 1.82) is 0 Å². The van der Waals surface area contributed by atoms with Crippen LogP contribution in [0.1, 0.15) is 11.1 Å². The van der Waals surface area contributed by atoms with Gasteiger partial charge >= 0.3 is 0 Å². The quantitative estimate of drug-likeness (QED) is 0.758. The van der Waals surface area contributed by atoms with Gasteiger partial charge in [0, 0.05) is 22.7 Å². The number of halogens is 1. The van der Waals surface area contributed by atoms with E-state index in [9.17, 15) is 0 Å². The van der Waals surface area contributed by atoms with Crippen LogP contribution in [-0.2, 0) is 21.7 Å². The molecule has 1 fully saturated rings. The second-order valence-corrected chi connectivity index (χ2v) is 5.68. The minimum atomic E-state index is -0.589. The van der Waals surface area contributed by atoms with Gasteiger partial charge < -0.3 is 14.5 Å². The lowest BCUT2D eigenvalue weighted by atomic mass is 9.87. The number of nitrogens with one attached hydrogen (secondary N) is 1. The SMILES string of the molecule is BrC1Cc2c[nH]c3cccc(c23)C12OCCO2. The Morgan fingerprint density at radius 1 is 1.29 bits per heavy atom. The summed E-state index contributed by atoms with van der Waals surface area (Å²) >= 11 is 3.73. The molecule has 2 heterocycles. The molecule has 0 saturated carbocycles. The summed E-state index contributed by atoms with van der Waals surface area (Å²) in [6.45, 7) is 1.33. The molecule has 4 heteroatoms. The molecule has 1 unspecified atom stereocenters. The maximum Gasteiger partial charge on any atom is 0.208 e. The second kappa shape index (κ2) is 3.34. The van der Waals surface area contributed by atoms with Gasteiger partial charge in [-0.2, -0.15) is 0 Å². The number of hydrogen-bond acceptors (Lipinski definition) is 2. The zero-order chi connectivity index (χ0) is 11.5. The number of ether oxygens (including phenoxy) is 2. The average molecular weight is 294 g/mol. The largest absolute Gasteiger partial charge is 0.361 e. The van der Waals surface area contributed by atoms with E-state index < -0.39 is 5.79 Å². The fourth-order valence-electron chi connectivity index (χ4n) is 2.97. The van der Waals surface area contributed by atoms with Crippen molar-refractivity contribution in [2.45, 2.75) is 17.0 Å². The monoisotopic (exact) mass is 293 g/mol. The lowest BCUT2D eigenvalue weighted by molar-refractivity contribution is -0.164. The predicted octanol–water partition coefficient (Wildman–Crippen LogP) is 2.69. The summed E-state index contributed by atoms with van der Waals surface area (Å²) in [5.74, 6) is -0.589. The maximum atomic E-state index is 5.93. The van der Waals surface area contributed by atoms with Crippen LogP contribution in [0.25, 0.3) is 10.9 Å². The molecule has 1 spiro atoms. The Kier molecular flexibility index (Phi) is 1.99. The van der Waals surface area contributed by atoms with E-state index in [1.807, 2.05) is 0 Å². The Labute approximate surface area is 107 Å². The van der Waals surface area contributed by atoms with E-state index in [1.165, 1.54) is 10.9 Å². The first-order valence-electron chi connectivity index (χ1n) is 5.83. The highest BCUT2D eigenvalue weighted by molar-refractivity contribution is 9.09. The van der Waals surface area contributed by atoms with Gasteiger partial charge in [0.1, 0.15) is 0 Å². The summed E-state index contributed by atoms with van der Waals surface area (Å²) in [7, 11) is 0. The number of benzene rings is 1. The summed E-state index contributed by atoms with van der Waals surface area (Å²) in [6, 6.07) is 6.26. The molecule has 1 atom stereocenters. The summed E-state index contributed by atoms with van der Waals surface area (Å²) in [6.07, 6.45) is 3.02. The van der Waals surface area contributed by atoms with Crippen LogP contribution in [0.5, 0.6) is 0 Å². The zero-order valence-corrected chi connectivity index (χ0v) is 10.8. The molecule has 1 aromatic carbocycles. The third-order valence-electron chi connectivity index (χ3n) is 3.69. The van der Waals surface area contributed by atoms with Gasteiger partial charge in [0.2, 0.25) is 5.79 Å². The number of hydrogen-bond donors (Lipinski definition) is 1. The van der Waals surface area contributed by atoms with Crippen LogP contribution < -0.4 is 0 Å². The van der Waals surface area contributed by atoms with Gasteiger partial charge in [-0.3, -0.25) is 0 Å². The van der Waals surface area contributed by atoms with Crippen molar-refractivity contribution < 1.29 is 9.47 Å². The molecule has 0 amide bonds. The minimum Gasteiger partial charge on any atom is -0.361 e. The molecule has 1 aromatic heterocycles. The summed E-state index contributed by atoms with van der Waals surface area (Å²) in [5, 5.41) is 1.27. The average Bonchev–Trinajstić information content (AvgIpc) is 2.95. The molecular formula is C13H12BrNO2. The van der Waals surface area contributed by atoms with Gasteiger partial charge in [0.05, 0.1) is 18.0 Å². The molecule has 0 bridgehead atoms. The van der Waals surface area contributed by atoms with Crippen molar-refractivity contribution in [2.24, 2.45) is 0 Å². The highest BCUT2D eigenvalue weighted by Crippen LogP contribution is 2.47. The number of H-pyrrole nitrogens is 1. The van der Waals surface area contributed by atoms with E-state index in [2.05, 4.69) is 45.3 Å². The number of fused-ring (bicyclic) bond motifs is 1. The molecule has 17 heavy (non-hydrogen) atoms. The number of alkyl halides is 1. The van der Waals surface area contributed by atoms with Crippen LogP contribution in [0, 0.1) is 0 Å². The first-order valence-corrected chi connectivity index (χ1v) is 6.74. The van der Waals surface area contributed by atoms with Crippen molar-refractivity contribution in [3.05, 3.63) is 35.5 Å². The van der Waals surface area contributed by atoms with Crippen molar-refractivity contribution >= 4 is 26.8 Å². The molecule has 2 aliphatic rings. The van der Waals surface area contributed by atoms with E-state index in [0.717, 1.165) is 17.5 Å². The highest BCUT2D eigenvalue weighted by atomic mass is 79.9. The Morgan fingerprint density at radius 3 is 2.94 bits per heavy atom. The van der Waals surface area contributed by atoms with Crippen molar-refractivity contribution in [3.63, 3.8) is 0 Å². The van der Waals surface area contributed by atoms with E-state index >= 15 is 0 Å². The maximum absolute atomic E-state index is 5.93. The van der Waals surface area contributed by atoms with Crippen LogP contribution in [-0.4, -0.2) is 23.0 Å². The standard InChI is InChI=1S/C13H12BrNO2/c14-11-6-8-7-15-10-3-1-2-9(12(8)10)13(11)16-4-5-17-13/h1-3,7,11,15H,4-6H2. The molecule has 1 aliphatic heterocycles. The predicted molar refractivity (Wildman–Crippen MR) is 68.3 cm³/mol. The van der Waals surface area contributed by atoms with E-state index in [-0.39, 0.29) is 4.83 Å². The number of aromatic amines is 1. The van der Waals surface area contributed by atoms with Crippen molar-refractivity contribution in [1.82, 2.24) is 4.98 Å². The fourth-order valence-corrected chi connectivity index (χ4v) is 3.83. The molecule has 1 N–H and O–H groups in total. The third kappa shape index (κ3) is 1.18. The van der Waals surface area contributed by atoms with Gasteiger partial charge in [0.25, 0.3) is 0 Å². The summed E-state index contributed by atoms with van der Waals surface area (Å²) < 4.78 is 11.9. The number of aromatic nitrogens is 1. The smallest absolute Gasteiger partial charge is 0.208 e. The van der Waals surface area contributed by atoms with Crippen LogP contribution in [0.15, 0.2) is 24.4 Å². The molecule has 2 aromatic rings. The first kappa shape index (κ1) is 10.1. The van der Waals surface area contributed by atoms with E-state index in [4.69, 9.17) is 9.47 Å². The highest BCUT2D eigenvalue weighted by Gasteiger charge is 2.48. The molecule has 4 rings (SSSR count). The lowest BCUT2D eigenvalue weighted by Gasteiger charge is -2.36. The van der Waals surface area contributed by atoms with Gasteiger partial charge in [-0.05, 0) is 18.1 Å². The Balaban J connectivity index is 2.07. The van der Waals surface area contributed by atoms with Gasteiger partial charge in [-0.15, -0.1) is 0 Å². The van der Waals surface area contributed by atoms with Gasteiger partial charge in [-0.1, -0.05) is 28.1 Å². The molecular weight excluding hydrogens is 282 g/mol. The summed E-state index contributed by atoms with van der Waals surface area (Å²) in [4.78, 5) is 3.49. The number of rotatable bonds is 0. The summed E-state index contributed by atoms with van der Waals surface area (Å²) in [5.41, 5.74) is 3.65. The first-order chi connectivity index (χ1) is 8.31. The van der Waals surface area contributed by atoms with Gasteiger partial charge in [0.15, 0.2) is 0 Å². The van der Waals surface area contributed by atoms with Crippen LogP contribution in [0.2, 0.25) is 0 Å². The molecule has 88 valence electrons. The van der Waals surface area contributed by atoms with Crippen LogP contribution in [0.3, 0.4) is 0 Å². The lowest BCUT2D eigenvalue weighted by Crippen LogP contribution is -2.40. The van der Waals surface area contributed by atoms with Crippen LogP contribution in [0.4, 0.5) is 0 Å². The Morgan fingerprint density at radius 2 is 2.12 bits per heavy atom. The normalized spacial score (nSPS) is 25.8. The Hall–Kier alpha value is -0.840. The van der Waals surface area contributed by atoms with Crippen molar-refractivity contribution in [3.8, 4) is 0 Å². The zero-order valence-electron chi connectivity index (χ0n) is 9.20. The molecule has 1 saturated heterocycles. The van der Waals surface area contributed by atoms with Crippen molar-refractivity contribution in [2.75, 3.05) is 13.2 Å². The third-order valence-corrected chi connectivity index (χ3v) is 4.62. The van der Waals surface area contributed by atoms with E-state index in [0.29, 0.717) is 13.2 Å². The molecule has 3 nitrogen and oxygen atoms in total. The van der Waals surface area contributed by atoms with E-state index in [1.54, 1.807) is 0 Å². The Bertz CT molecular complexity index is 586.